The quantitative estimate of drug-likeness (QED) is 0.580. The second-order valence-corrected chi connectivity index (χ2v) is 2.32. The molecule has 0 aliphatic rings. The topological polar surface area (TPSA) is 46.2 Å². The molecule has 0 saturated carbocycles. The Balaban J connectivity index is 2.94. The molecule has 0 spiro atoms. The van der Waals surface area contributed by atoms with Crippen molar-refractivity contribution in [3.63, 3.8) is 0 Å². The minimum atomic E-state index is 0.255. The van der Waals surface area contributed by atoms with Gasteiger partial charge in [-0.3, -0.25) is 5.14 Å². The largest absolute Gasteiger partial charge is 0.508 e. The summed E-state index contributed by atoms with van der Waals surface area (Å²) in [6.07, 6.45) is 0. The first-order valence-corrected chi connectivity index (χ1v) is 3.36. The molecule has 0 fully saturated rings. The van der Waals surface area contributed by atoms with E-state index in [2.05, 4.69) is 0 Å². The third kappa shape index (κ3) is 1.62. The first-order chi connectivity index (χ1) is 4.33. The monoisotopic (exact) mass is 141 g/mol. The number of hydrogen-bond donors (Lipinski definition) is 2. The molecule has 0 amide bonds. The van der Waals surface area contributed by atoms with Gasteiger partial charge in [0.05, 0.1) is 0 Å². The van der Waals surface area contributed by atoms with Crippen molar-refractivity contribution >= 4 is 11.9 Å². The molecule has 0 saturated heterocycles. The van der Waals surface area contributed by atoms with Crippen molar-refractivity contribution in [1.82, 2.24) is 0 Å². The Morgan fingerprint density at radius 1 is 1.44 bits per heavy atom. The van der Waals surface area contributed by atoms with Crippen LogP contribution in [0.5, 0.6) is 5.75 Å². The summed E-state index contributed by atoms with van der Waals surface area (Å²) >= 11 is 1.12. The van der Waals surface area contributed by atoms with Crippen LogP contribution in [0.3, 0.4) is 0 Å². The van der Waals surface area contributed by atoms with E-state index >= 15 is 0 Å². The fraction of sp³-hybridized carbons (Fsp3) is 0. The average Bonchev–Trinajstić information content (AvgIpc) is 1.88. The lowest BCUT2D eigenvalue weighted by atomic mass is 10.3. The molecule has 0 bridgehead atoms. The zero-order valence-electron chi connectivity index (χ0n) is 4.74. The van der Waals surface area contributed by atoms with Gasteiger partial charge < -0.3 is 5.11 Å². The highest BCUT2D eigenvalue weighted by molar-refractivity contribution is 7.97. The Morgan fingerprint density at radius 3 is 2.67 bits per heavy atom. The van der Waals surface area contributed by atoms with Gasteiger partial charge in [-0.25, -0.2) is 0 Å². The van der Waals surface area contributed by atoms with Gasteiger partial charge in [-0.05, 0) is 30.1 Å². The maximum Gasteiger partial charge on any atom is 0.116 e. The molecule has 0 heterocycles. The van der Waals surface area contributed by atoms with E-state index in [1.165, 1.54) is 0 Å². The molecule has 3 N–H and O–H groups in total. The van der Waals surface area contributed by atoms with Gasteiger partial charge in [-0.1, -0.05) is 6.07 Å². The second-order valence-electron chi connectivity index (χ2n) is 1.62. The van der Waals surface area contributed by atoms with Crippen molar-refractivity contribution in [3.05, 3.63) is 24.3 Å². The smallest absolute Gasteiger partial charge is 0.116 e. The molecular formula is C6H7NOS. The van der Waals surface area contributed by atoms with Crippen LogP contribution >= 0.6 is 11.9 Å². The lowest BCUT2D eigenvalue weighted by Crippen LogP contribution is -1.76. The summed E-state index contributed by atoms with van der Waals surface area (Å²) < 4.78 is 0. The van der Waals surface area contributed by atoms with Gasteiger partial charge in [0, 0.05) is 4.90 Å². The first-order valence-electron chi connectivity index (χ1n) is 2.48. The molecule has 0 aromatic heterocycles. The third-order valence-corrected chi connectivity index (χ3v) is 1.48. The van der Waals surface area contributed by atoms with Gasteiger partial charge in [0.25, 0.3) is 0 Å². The number of phenolic OH excluding ortho intramolecular Hbond substituents is 1. The number of nitrogens with two attached hydrogens (primary N) is 1. The van der Waals surface area contributed by atoms with Crippen molar-refractivity contribution in [2.45, 2.75) is 4.90 Å². The average molecular weight is 141 g/mol. The van der Waals surface area contributed by atoms with Crippen LogP contribution in [-0.2, 0) is 0 Å². The van der Waals surface area contributed by atoms with Crippen molar-refractivity contribution < 1.29 is 5.11 Å². The Hall–Kier alpha value is -0.670. The van der Waals surface area contributed by atoms with E-state index in [0.29, 0.717) is 0 Å². The zero-order chi connectivity index (χ0) is 6.69. The summed E-state index contributed by atoms with van der Waals surface area (Å²) in [5, 5.41) is 14.1. The van der Waals surface area contributed by atoms with E-state index in [1.807, 2.05) is 6.07 Å². The summed E-state index contributed by atoms with van der Waals surface area (Å²) in [5.74, 6) is 0.255. The maximum absolute atomic E-state index is 8.88. The molecule has 1 aromatic carbocycles. The van der Waals surface area contributed by atoms with Crippen LogP contribution in [0.25, 0.3) is 0 Å². The van der Waals surface area contributed by atoms with E-state index in [9.17, 15) is 0 Å². The molecule has 1 aromatic rings. The fourth-order valence-electron chi connectivity index (χ4n) is 0.557. The van der Waals surface area contributed by atoms with E-state index < -0.39 is 0 Å². The van der Waals surface area contributed by atoms with Crippen LogP contribution in [0.2, 0.25) is 0 Å². The van der Waals surface area contributed by atoms with Gasteiger partial charge in [0.1, 0.15) is 5.75 Å². The lowest BCUT2D eigenvalue weighted by Gasteiger charge is -1.93. The molecule has 0 unspecified atom stereocenters. The number of benzene rings is 1. The van der Waals surface area contributed by atoms with Crippen LogP contribution in [0.1, 0.15) is 0 Å². The predicted octanol–water partition coefficient (Wildman–Crippen LogP) is 1.36. The Labute approximate surface area is 57.8 Å². The molecule has 9 heavy (non-hydrogen) atoms. The molecule has 48 valence electrons. The van der Waals surface area contributed by atoms with E-state index in [1.54, 1.807) is 18.2 Å². The van der Waals surface area contributed by atoms with Crippen LogP contribution in [-0.4, -0.2) is 5.11 Å². The standard InChI is InChI=1S/C6H7NOS/c7-9-6-3-1-2-5(8)4-6/h1-4,8H,7H2. The van der Waals surface area contributed by atoms with Crippen molar-refractivity contribution in [1.29, 1.82) is 0 Å². The van der Waals surface area contributed by atoms with Gasteiger partial charge >= 0.3 is 0 Å². The van der Waals surface area contributed by atoms with E-state index in [4.69, 9.17) is 10.2 Å². The zero-order valence-corrected chi connectivity index (χ0v) is 5.56. The molecule has 0 atom stereocenters. The summed E-state index contributed by atoms with van der Waals surface area (Å²) in [5.41, 5.74) is 0. The highest BCUT2D eigenvalue weighted by Gasteiger charge is 1.89. The lowest BCUT2D eigenvalue weighted by molar-refractivity contribution is 0.474. The summed E-state index contributed by atoms with van der Waals surface area (Å²) in [6, 6.07) is 6.82. The normalized spacial score (nSPS) is 9.44. The highest BCUT2D eigenvalue weighted by Crippen LogP contribution is 2.16. The molecule has 0 aliphatic heterocycles. The molecule has 0 aliphatic carbocycles. The maximum atomic E-state index is 8.88. The van der Waals surface area contributed by atoms with Crippen LogP contribution in [0, 0.1) is 0 Å². The Morgan fingerprint density at radius 2 is 2.22 bits per heavy atom. The van der Waals surface area contributed by atoms with Crippen molar-refractivity contribution in [2.24, 2.45) is 5.14 Å². The minimum absolute atomic E-state index is 0.255. The van der Waals surface area contributed by atoms with Crippen LogP contribution in [0.4, 0.5) is 0 Å². The predicted molar refractivity (Wildman–Crippen MR) is 38.2 cm³/mol. The number of aromatic hydroxyl groups is 1. The summed E-state index contributed by atoms with van der Waals surface area (Å²) in [6.45, 7) is 0. The highest BCUT2D eigenvalue weighted by atomic mass is 32.2. The fourth-order valence-corrected chi connectivity index (χ4v) is 0.903. The molecule has 2 nitrogen and oxygen atoms in total. The third-order valence-electron chi connectivity index (χ3n) is 0.954. The van der Waals surface area contributed by atoms with E-state index in [0.717, 1.165) is 16.8 Å². The van der Waals surface area contributed by atoms with Crippen LogP contribution in [0.15, 0.2) is 29.2 Å². The van der Waals surface area contributed by atoms with Crippen molar-refractivity contribution in [3.8, 4) is 5.75 Å². The minimum Gasteiger partial charge on any atom is -0.508 e. The Bertz CT molecular complexity index is 202. The summed E-state index contributed by atoms with van der Waals surface area (Å²) in [7, 11) is 0. The SMILES string of the molecule is NSc1cccc(O)c1. The molecule has 3 heteroatoms. The molecule has 0 radical (unpaired) electrons. The molecule has 1 rings (SSSR count). The van der Waals surface area contributed by atoms with Crippen molar-refractivity contribution in [2.75, 3.05) is 0 Å². The number of hydrogen-bond acceptors (Lipinski definition) is 3. The van der Waals surface area contributed by atoms with Gasteiger partial charge in [0.15, 0.2) is 0 Å². The summed E-state index contributed by atoms with van der Waals surface area (Å²) in [4.78, 5) is 0.870. The number of phenols is 1. The Kier molecular flexibility index (Phi) is 1.97. The second kappa shape index (κ2) is 2.75. The van der Waals surface area contributed by atoms with Gasteiger partial charge in [0.2, 0.25) is 0 Å². The molecular weight excluding hydrogens is 134 g/mol. The van der Waals surface area contributed by atoms with E-state index in [-0.39, 0.29) is 5.75 Å². The first kappa shape index (κ1) is 6.45. The van der Waals surface area contributed by atoms with Gasteiger partial charge in [-0.15, -0.1) is 0 Å². The van der Waals surface area contributed by atoms with Crippen LogP contribution < -0.4 is 5.14 Å². The van der Waals surface area contributed by atoms with Gasteiger partial charge in [-0.2, -0.15) is 0 Å². The number of rotatable bonds is 1.